The van der Waals surface area contributed by atoms with E-state index in [9.17, 15) is 18.0 Å². The summed E-state index contributed by atoms with van der Waals surface area (Å²) in [6, 6.07) is 7.72. The quantitative estimate of drug-likeness (QED) is 0.517. The minimum atomic E-state index is -4.45. The van der Waals surface area contributed by atoms with Crippen molar-refractivity contribution in [3.8, 4) is 17.0 Å². The van der Waals surface area contributed by atoms with Gasteiger partial charge in [-0.3, -0.25) is 9.48 Å². The Morgan fingerprint density at radius 3 is 2.65 bits per heavy atom. The molecule has 9 heteroatoms. The molecule has 0 bridgehead atoms. The number of carbonyl (C=O) groups excluding carboxylic acids is 1. The van der Waals surface area contributed by atoms with Crippen molar-refractivity contribution in [2.75, 3.05) is 13.2 Å². The summed E-state index contributed by atoms with van der Waals surface area (Å²) < 4.78 is 45.9. The summed E-state index contributed by atoms with van der Waals surface area (Å²) >= 11 is 0. The van der Waals surface area contributed by atoms with Crippen molar-refractivity contribution >= 4 is 5.91 Å². The van der Waals surface area contributed by atoms with E-state index in [1.807, 2.05) is 43.3 Å². The van der Waals surface area contributed by atoms with E-state index in [1.165, 1.54) is 6.07 Å². The van der Waals surface area contributed by atoms with Crippen molar-refractivity contribution in [3.05, 3.63) is 65.6 Å². The molecular weight excluding hydrogens is 445 g/mol. The van der Waals surface area contributed by atoms with Gasteiger partial charge in [0.2, 0.25) is 5.88 Å². The van der Waals surface area contributed by atoms with Gasteiger partial charge in [-0.1, -0.05) is 24.6 Å². The van der Waals surface area contributed by atoms with Crippen molar-refractivity contribution < 1.29 is 22.7 Å². The first-order valence-corrected chi connectivity index (χ1v) is 11.2. The number of carbonyl (C=O) groups is 1. The Bertz CT molecular complexity index is 1160. The molecule has 1 aliphatic heterocycles. The van der Waals surface area contributed by atoms with Crippen LogP contribution in [-0.4, -0.2) is 44.8 Å². The molecule has 1 saturated heterocycles. The highest BCUT2D eigenvalue weighted by atomic mass is 19.4. The number of halogens is 3. The maximum Gasteiger partial charge on any atom is 0.417 e. The zero-order valence-corrected chi connectivity index (χ0v) is 19.3. The molecule has 2 atom stereocenters. The molecule has 0 radical (unpaired) electrons. The highest BCUT2D eigenvalue weighted by Gasteiger charge is 2.34. The lowest BCUT2D eigenvalue weighted by atomic mass is 9.89. The number of likely N-dealkylation sites (tertiary alicyclic amines) is 1. The molecule has 1 aliphatic rings. The second-order valence-electron chi connectivity index (χ2n) is 8.83. The van der Waals surface area contributed by atoms with Gasteiger partial charge in [0.05, 0.1) is 17.8 Å². The molecule has 0 saturated carbocycles. The second kappa shape index (κ2) is 9.48. The van der Waals surface area contributed by atoms with E-state index in [1.54, 1.807) is 10.9 Å². The number of aryl methyl sites for hydroxylation is 2. The summed E-state index contributed by atoms with van der Waals surface area (Å²) in [5.41, 5.74) is 2.41. The van der Waals surface area contributed by atoms with Crippen LogP contribution in [0.2, 0.25) is 0 Å². The van der Waals surface area contributed by atoms with Gasteiger partial charge < -0.3 is 9.64 Å². The second-order valence-corrected chi connectivity index (χ2v) is 8.83. The van der Waals surface area contributed by atoms with Gasteiger partial charge in [0.25, 0.3) is 5.91 Å². The first-order chi connectivity index (χ1) is 16.1. The van der Waals surface area contributed by atoms with Gasteiger partial charge in [-0.05, 0) is 43.4 Å². The number of benzene rings is 1. The lowest BCUT2D eigenvalue weighted by molar-refractivity contribution is -0.137. The third-order valence-corrected chi connectivity index (χ3v) is 6.26. The molecule has 0 N–H and O–H groups in total. The third-order valence-electron chi connectivity index (χ3n) is 6.26. The summed E-state index contributed by atoms with van der Waals surface area (Å²) in [6.45, 7) is 4.74. The van der Waals surface area contributed by atoms with Crippen LogP contribution in [0.4, 0.5) is 13.2 Å². The van der Waals surface area contributed by atoms with Crippen LogP contribution in [0.25, 0.3) is 11.1 Å². The molecular formula is C25H27F3N4O2. The number of rotatable bonds is 5. The number of hydrogen-bond acceptors (Lipinski definition) is 4. The molecule has 1 amide bonds. The fourth-order valence-electron chi connectivity index (χ4n) is 4.36. The SMILES string of the molecule is Cc1ccc(-c2cnn(C)c2)c(C(=O)N2CCCC(C)[C@H]2COc2ccc(C(F)(F)F)cn2)c1. The molecule has 1 aromatic carbocycles. The standard InChI is InChI=1S/C25H27F3N4O2/c1-16-6-8-20(18-12-30-31(3)14-18)21(11-16)24(33)32-10-4-5-17(2)22(32)15-34-23-9-7-19(13-29-23)25(26,27)28/h6-9,11-14,17,22H,4-5,10,15H2,1-3H3/t17?,22-/m1/s1. The van der Waals surface area contributed by atoms with Gasteiger partial charge >= 0.3 is 6.18 Å². The minimum Gasteiger partial charge on any atom is -0.475 e. The fourth-order valence-corrected chi connectivity index (χ4v) is 4.36. The zero-order valence-electron chi connectivity index (χ0n) is 19.3. The summed E-state index contributed by atoms with van der Waals surface area (Å²) in [6.07, 6.45) is 1.72. The van der Waals surface area contributed by atoms with Gasteiger partial charge in [-0.2, -0.15) is 18.3 Å². The maximum absolute atomic E-state index is 13.8. The highest BCUT2D eigenvalue weighted by molar-refractivity contribution is 6.01. The summed E-state index contributed by atoms with van der Waals surface area (Å²) in [5, 5.41) is 4.23. The number of amides is 1. The lowest BCUT2D eigenvalue weighted by Gasteiger charge is -2.40. The average molecular weight is 473 g/mol. The van der Waals surface area contributed by atoms with Crippen LogP contribution in [0.5, 0.6) is 5.88 Å². The molecule has 0 aliphatic carbocycles. The van der Waals surface area contributed by atoms with E-state index >= 15 is 0 Å². The van der Waals surface area contributed by atoms with Crippen molar-refractivity contribution in [2.45, 2.75) is 38.9 Å². The zero-order chi connectivity index (χ0) is 24.5. The van der Waals surface area contributed by atoms with Crippen molar-refractivity contribution in [3.63, 3.8) is 0 Å². The molecule has 0 spiro atoms. The number of nitrogens with zero attached hydrogens (tertiary/aromatic N) is 4. The average Bonchev–Trinajstić information content (AvgIpc) is 3.23. The number of alkyl halides is 3. The predicted octanol–water partition coefficient (Wildman–Crippen LogP) is 5.13. The number of piperidine rings is 1. The van der Waals surface area contributed by atoms with E-state index in [0.717, 1.165) is 41.8 Å². The van der Waals surface area contributed by atoms with E-state index in [2.05, 4.69) is 17.0 Å². The topological polar surface area (TPSA) is 60.2 Å². The van der Waals surface area contributed by atoms with Gasteiger partial charge in [-0.15, -0.1) is 0 Å². The normalized spacial score (nSPS) is 18.7. The van der Waals surface area contributed by atoms with Crippen LogP contribution >= 0.6 is 0 Å². The van der Waals surface area contributed by atoms with Crippen LogP contribution in [0.1, 0.15) is 41.3 Å². The van der Waals surface area contributed by atoms with E-state index < -0.39 is 11.7 Å². The first-order valence-electron chi connectivity index (χ1n) is 11.2. The highest BCUT2D eigenvalue weighted by Crippen LogP contribution is 2.31. The molecule has 180 valence electrons. The molecule has 3 aromatic rings. The van der Waals surface area contributed by atoms with Crippen LogP contribution in [0.3, 0.4) is 0 Å². The van der Waals surface area contributed by atoms with Gasteiger partial charge in [-0.25, -0.2) is 4.98 Å². The Labute approximate surface area is 196 Å². The largest absolute Gasteiger partial charge is 0.475 e. The van der Waals surface area contributed by atoms with Crippen LogP contribution in [0, 0.1) is 12.8 Å². The minimum absolute atomic E-state index is 0.0944. The molecule has 2 aromatic heterocycles. The Morgan fingerprint density at radius 2 is 2.00 bits per heavy atom. The number of pyridine rings is 1. The summed E-state index contributed by atoms with van der Waals surface area (Å²) in [5.74, 6) is 0.173. The molecule has 3 heterocycles. The lowest BCUT2D eigenvalue weighted by Crippen LogP contribution is -2.50. The molecule has 1 unspecified atom stereocenters. The molecule has 34 heavy (non-hydrogen) atoms. The number of hydrogen-bond donors (Lipinski definition) is 0. The monoisotopic (exact) mass is 472 g/mol. The smallest absolute Gasteiger partial charge is 0.417 e. The fraction of sp³-hybridized carbons (Fsp3) is 0.400. The van der Waals surface area contributed by atoms with E-state index in [4.69, 9.17) is 4.74 Å². The number of aromatic nitrogens is 3. The molecule has 6 nitrogen and oxygen atoms in total. The summed E-state index contributed by atoms with van der Waals surface area (Å²) in [4.78, 5) is 19.4. The van der Waals surface area contributed by atoms with Crippen LogP contribution in [-0.2, 0) is 13.2 Å². The van der Waals surface area contributed by atoms with Crippen molar-refractivity contribution in [1.29, 1.82) is 0 Å². The Morgan fingerprint density at radius 1 is 1.21 bits per heavy atom. The third kappa shape index (κ3) is 5.08. The predicted molar refractivity (Wildman–Crippen MR) is 121 cm³/mol. The van der Waals surface area contributed by atoms with Crippen molar-refractivity contribution in [1.82, 2.24) is 19.7 Å². The van der Waals surface area contributed by atoms with Gasteiger partial charge in [0.1, 0.15) is 6.61 Å². The van der Waals surface area contributed by atoms with Gasteiger partial charge in [0, 0.05) is 43.2 Å². The number of ether oxygens (including phenoxy) is 1. The Kier molecular flexibility index (Phi) is 6.63. The molecule has 4 rings (SSSR count). The maximum atomic E-state index is 13.8. The summed E-state index contributed by atoms with van der Waals surface area (Å²) in [7, 11) is 1.83. The van der Waals surface area contributed by atoms with Crippen LogP contribution < -0.4 is 4.74 Å². The van der Waals surface area contributed by atoms with Gasteiger partial charge in [0.15, 0.2) is 0 Å². The van der Waals surface area contributed by atoms with Crippen molar-refractivity contribution in [2.24, 2.45) is 13.0 Å². The Hall–Kier alpha value is -3.36. The van der Waals surface area contributed by atoms with E-state index in [0.29, 0.717) is 12.1 Å². The Balaban J connectivity index is 1.57. The first kappa shape index (κ1) is 23.8. The van der Waals surface area contributed by atoms with E-state index in [-0.39, 0.29) is 30.4 Å². The molecule has 1 fully saturated rings. The van der Waals surface area contributed by atoms with Crippen LogP contribution in [0.15, 0.2) is 48.9 Å².